The summed E-state index contributed by atoms with van der Waals surface area (Å²) >= 11 is 0. The van der Waals surface area contributed by atoms with E-state index in [1.54, 1.807) is 0 Å². The number of carbonyl (C=O) groups is 2. The molecule has 2 aromatic carbocycles. The zero-order valence-electron chi connectivity index (χ0n) is 12.9. The van der Waals surface area contributed by atoms with E-state index < -0.39 is 21.6 Å². The van der Waals surface area contributed by atoms with Crippen molar-refractivity contribution in [3.8, 4) is 5.75 Å². The van der Waals surface area contributed by atoms with E-state index in [1.807, 2.05) is 0 Å². The molecule has 0 aromatic heterocycles. The van der Waals surface area contributed by atoms with Crippen molar-refractivity contribution in [3.05, 3.63) is 65.5 Å². The second-order valence-electron chi connectivity index (χ2n) is 5.21. The molecule has 0 spiro atoms. The lowest BCUT2D eigenvalue weighted by atomic mass is 10.0. The van der Waals surface area contributed by atoms with E-state index in [0.29, 0.717) is 11.1 Å². The number of esters is 1. The van der Waals surface area contributed by atoms with Crippen molar-refractivity contribution < 1.29 is 27.1 Å². The molecule has 0 aliphatic rings. The van der Waals surface area contributed by atoms with E-state index in [1.165, 1.54) is 48.5 Å². The second-order valence-corrected chi connectivity index (χ2v) is 7.47. The maximum Gasteiger partial charge on any atom is 0.312 e. The lowest BCUT2D eigenvalue weighted by molar-refractivity contribution is -0.133. The number of ketones is 1. The first-order valence-electron chi connectivity index (χ1n) is 7.03. The molecule has 2 aromatic rings. The van der Waals surface area contributed by atoms with Gasteiger partial charge < -0.3 is 4.74 Å². The highest BCUT2D eigenvalue weighted by Gasteiger charge is 2.12. The molecule has 5 nitrogen and oxygen atoms in total. The highest BCUT2D eigenvalue weighted by atomic mass is 32.2. The average Bonchev–Trinajstić information content (AvgIpc) is 2.53. The van der Waals surface area contributed by atoms with Crippen LogP contribution in [0, 0.1) is 5.82 Å². The van der Waals surface area contributed by atoms with Crippen LogP contribution in [0.15, 0.2) is 48.5 Å². The van der Waals surface area contributed by atoms with Gasteiger partial charge in [0.1, 0.15) is 21.4 Å². The first-order valence-corrected chi connectivity index (χ1v) is 9.09. The van der Waals surface area contributed by atoms with Gasteiger partial charge in [-0.3, -0.25) is 9.59 Å². The largest absolute Gasteiger partial charge is 0.427 e. The molecule has 0 bridgehead atoms. The van der Waals surface area contributed by atoms with Crippen molar-refractivity contribution in [2.45, 2.75) is 6.42 Å². The molecule has 0 fully saturated rings. The predicted molar refractivity (Wildman–Crippen MR) is 86.2 cm³/mol. The molecule has 0 amide bonds. The SMILES string of the molecule is CS(=O)(=O)CCC(=O)Oc1ccc(C(=O)c2ccc(F)cc2)cc1. The molecule has 0 N–H and O–H groups in total. The third kappa shape index (κ3) is 5.27. The van der Waals surface area contributed by atoms with Crippen molar-refractivity contribution in [3.63, 3.8) is 0 Å². The van der Waals surface area contributed by atoms with Gasteiger partial charge in [0, 0.05) is 17.4 Å². The molecule has 0 radical (unpaired) electrons. The van der Waals surface area contributed by atoms with Gasteiger partial charge in [-0.05, 0) is 48.5 Å². The Hall–Kier alpha value is -2.54. The fourth-order valence-corrected chi connectivity index (χ4v) is 2.43. The van der Waals surface area contributed by atoms with Gasteiger partial charge in [-0.1, -0.05) is 0 Å². The third-order valence-electron chi connectivity index (χ3n) is 3.13. The van der Waals surface area contributed by atoms with Crippen LogP contribution in [-0.4, -0.2) is 32.2 Å². The van der Waals surface area contributed by atoms with Gasteiger partial charge >= 0.3 is 5.97 Å². The average molecular weight is 350 g/mol. The zero-order chi connectivity index (χ0) is 17.7. The number of hydrogen-bond donors (Lipinski definition) is 0. The molecule has 0 saturated heterocycles. The molecule has 0 saturated carbocycles. The van der Waals surface area contributed by atoms with Crippen LogP contribution in [0.2, 0.25) is 0 Å². The van der Waals surface area contributed by atoms with Crippen LogP contribution >= 0.6 is 0 Å². The number of ether oxygens (including phenoxy) is 1. The van der Waals surface area contributed by atoms with E-state index >= 15 is 0 Å². The monoisotopic (exact) mass is 350 g/mol. The van der Waals surface area contributed by atoms with Gasteiger partial charge in [-0.25, -0.2) is 12.8 Å². The smallest absolute Gasteiger partial charge is 0.312 e. The summed E-state index contributed by atoms with van der Waals surface area (Å²) < 4.78 is 39.9. The molecular formula is C17H15FO5S. The minimum Gasteiger partial charge on any atom is -0.427 e. The molecule has 0 heterocycles. The summed E-state index contributed by atoms with van der Waals surface area (Å²) in [6.07, 6.45) is 0.797. The number of carbonyl (C=O) groups excluding carboxylic acids is 2. The van der Waals surface area contributed by atoms with Gasteiger partial charge in [0.05, 0.1) is 12.2 Å². The van der Waals surface area contributed by atoms with Crippen molar-refractivity contribution >= 4 is 21.6 Å². The van der Waals surface area contributed by atoms with Crippen LogP contribution in [0.3, 0.4) is 0 Å². The van der Waals surface area contributed by atoms with Crippen molar-refractivity contribution in [1.82, 2.24) is 0 Å². The Morgan fingerprint density at radius 2 is 1.46 bits per heavy atom. The Morgan fingerprint density at radius 1 is 0.958 bits per heavy atom. The fraction of sp³-hybridized carbons (Fsp3) is 0.176. The maximum atomic E-state index is 12.9. The van der Waals surface area contributed by atoms with Gasteiger partial charge in [0.25, 0.3) is 0 Å². The summed E-state index contributed by atoms with van der Waals surface area (Å²) in [6, 6.07) is 11.0. The molecular weight excluding hydrogens is 335 g/mol. The Morgan fingerprint density at radius 3 is 1.96 bits per heavy atom. The van der Waals surface area contributed by atoms with Crippen LogP contribution in [0.4, 0.5) is 4.39 Å². The van der Waals surface area contributed by atoms with E-state index in [2.05, 4.69) is 0 Å². The molecule has 126 valence electrons. The van der Waals surface area contributed by atoms with Gasteiger partial charge in [0.15, 0.2) is 5.78 Å². The molecule has 0 aliphatic carbocycles. The van der Waals surface area contributed by atoms with Crippen LogP contribution in [0.25, 0.3) is 0 Å². The van der Waals surface area contributed by atoms with Crippen LogP contribution in [-0.2, 0) is 14.6 Å². The Labute approximate surface area is 139 Å². The highest BCUT2D eigenvalue weighted by molar-refractivity contribution is 7.90. The lowest BCUT2D eigenvalue weighted by Gasteiger charge is -2.05. The summed E-state index contributed by atoms with van der Waals surface area (Å²) in [5.74, 6) is -1.46. The highest BCUT2D eigenvalue weighted by Crippen LogP contribution is 2.16. The maximum absolute atomic E-state index is 12.9. The molecule has 2 rings (SSSR count). The number of halogens is 1. The summed E-state index contributed by atoms with van der Waals surface area (Å²) in [4.78, 5) is 23.7. The molecule has 0 atom stereocenters. The first-order chi connectivity index (χ1) is 11.2. The number of rotatable bonds is 6. The third-order valence-corrected chi connectivity index (χ3v) is 4.08. The summed E-state index contributed by atoms with van der Waals surface area (Å²) in [5.41, 5.74) is 0.701. The van der Waals surface area contributed by atoms with E-state index in [4.69, 9.17) is 4.74 Å². The molecule has 0 aliphatic heterocycles. The zero-order valence-corrected chi connectivity index (χ0v) is 13.7. The van der Waals surface area contributed by atoms with Crippen molar-refractivity contribution in [2.24, 2.45) is 0 Å². The number of benzene rings is 2. The van der Waals surface area contributed by atoms with Gasteiger partial charge in [0.2, 0.25) is 0 Å². The Balaban J connectivity index is 2.01. The van der Waals surface area contributed by atoms with Crippen molar-refractivity contribution in [2.75, 3.05) is 12.0 Å². The fourth-order valence-electron chi connectivity index (χ4n) is 1.89. The van der Waals surface area contributed by atoms with Gasteiger partial charge in [-0.15, -0.1) is 0 Å². The van der Waals surface area contributed by atoms with E-state index in [-0.39, 0.29) is 23.7 Å². The Kier molecular flexibility index (Phi) is 5.46. The number of hydrogen-bond acceptors (Lipinski definition) is 5. The van der Waals surface area contributed by atoms with Gasteiger partial charge in [-0.2, -0.15) is 0 Å². The minimum absolute atomic E-state index is 0.212. The van der Waals surface area contributed by atoms with E-state index in [9.17, 15) is 22.4 Å². The quantitative estimate of drug-likeness (QED) is 0.454. The normalized spacial score (nSPS) is 11.1. The standard InChI is InChI=1S/C17H15FO5S/c1-24(21,22)11-10-16(19)23-15-8-4-13(5-9-15)17(20)12-2-6-14(18)7-3-12/h2-9H,10-11H2,1H3. The van der Waals surface area contributed by atoms with Crippen molar-refractivity contribution in [1.29, 1.82) is 0 Å². The molecule has 0 unspecified atom stereocenters. The van der Waals surface area contributed by atoms with Crippen LogP contribution < -0.4 is 4.74 Å². The van der Waals surface area contributed by atoms with Crippen LogP contribution in [0.5, 0.6) is 5.75 Å². The minimum atomic E-state index is -3.24. The molecule has 7 heteroatoms. The summed E-state index contributed by atoms with van der Waals surface area (Å²) in [5, 5.41) is 0. The van der Waals surface area contributed by atoms with E-state index in [0.717, 1.165) is 6.26 Å². The topological polar surface area (TPSA) is 77.5 Å². The van der Waals surface area contributed by atoms with Crippen LogP contribution in [0.1, 0.15) is 22.3 Å². The number of sulfone groups is 1. The predicted octanol–water partition coefficient (Wildman–Crippen LogP) is 2.40. The second kappa shape index (κ2) is 7.35. The summed E-state index contributed by atoms with van der Waals surface area (Å²) in [7, 11) is -3.24. The first kappa shape index (κ1) is 17.8. The summed E-state index contributed by atoms with van der Waals surface area (Å²) in [6.45, 7) is 0. The lowest BCUT2D eigenvalue weighted by Crippen LogP contribution is -2.14. The molecule has 24 heavy (non-hydrogen) atoms. The Bertz CT molecular complexity index is 840.